The largest absolute Gasteiger partial charge is 0.444 e. The molecule has 1 saturated heterocycles. The van der Waals surface area contributed by atoms with Crippen molar-refractivity contribution in [2.24, 2.45) is 16.8 Å². The second-order valence-corrected chi connectivity index (χ2v) is 9.62. The lowest BCUT2D eigenvalue weighted by Gasteiger charge is -2.33. The van der Waals surface area contributed by atoms with Gasteiger partial charge in [0.25, 0.3) is 0 Å². The average molecular weight is 434 g/mol. The van der Waals surface area contributed by atoms with E-state index in [0.717, 1.165) is 24.8 Å². The molecule has 1 aromatic carbocycles. The number of unbranched alkanes of at least 4 members (excludes halogenated alkanes) is 1. The topological polar surface area (TPSA) is 71.0 Å². The van der Waals surface area contributed by atoms with Crippen molar-refractivity contribution >= 4 is 29.4 Å². The number of rotatable bonds is 4. The smallest absolute Gasteiger partial charge is 0.410 e. The van der Waals surface area contributed by atoms with E-state index < -0.39 is 5.60 Å². The number of nitrogens with zero attached hydrogens (tertiary/aromatic N) is 2. The Hall–Kier alpha value is -2.08. The molecule has 2 amide bonds. The minimum absolute atomic E-state index is 0.0208. The number of nitrogens with one attached hydrogen (secondary N) is 1. The van der Waals surface area contributed by atoms with Crippen LogP contribution in [0.5, 0.6) is 0 Å². The maximum absolute atomic E-state index is 13.0. The molecule has 3 atom stereocenters. The molecule has 0 aliphatic carbocycles. The zero-order valence-corrected chi connectivity index (χ0v) is 19.0. The van der Waals surface area contributed by atoms with Crippen LogP contribution >= 0.6 is 11.6 Å². The van der Waals surface area contributed by atoms with Crippen LogP contribution in [0.3, 0.4) is 0 Å². The van der Waals surface area contributed by atoms with Crippen LogP contribution in [0.1, 0.15) is 58.9 Å². The second kappa shape index (κ2) is 9.38. The van der Waals surface area contributed by atoms with E-state index >= 15 is 0 Å². The van der Waals surface area contributed by atoms with Gasteiger partial charge in [-0.1, -0.05) is 31.4 Å². The van der Waals surface area contributed by atoms with E-state index in [-0.39, 0.29) is 29.9 Å². The van der Waals surface area contributed by atoms with Crippen LogP contribution in [0.4, 0.5) is 4.79 Å². The van der Waals surface area contributed by atoms with Crippen LogP contribution in [0, 0.1) is 11.8 Å². The van der Waals surface area contributed by atoms with Crippen molar-refractivity contribution in [3.63, 3.8) is 0 Å². The summed E-state index contributed by atoms with van der Waals surface area (Å²) in [5.74, 6) is 0.436. The highest BCUT2D eigenvalue weighted by Crippen LogP contribution is 2.32. The Labute approximate surface area is 184 Å². The van der Waals surface area contributed by atoms with E-state index in [9.17, 15) is 9.59 Å². The van der Waals surface area contributed by atoms with Gasteiger partial charge in [-0.25, -0.2) is 4.79 Å². The first-order chi connectivity index (χ1) is 14.2. The highest BCUT2D eigenvalue weighted by atomic mass is 35.5. The molecule has 1 N–H and O–H groups in total. The Bertz CT molecular complexity index is 801. The molecular formula is C23H32ClN3O3. The lowest BCUT2D eigenvalue weighted by molar-refractivity contribution is -0.125. The number of halogens is 1. The van der Waals surface area contributed by atoms with Crippen molar-refractivity contribution in [2.75, 3.05) is 13.1 Å². The van der Waals surface area contributed by atoms with Crippen LogP contribution in [-0.2, 0) is 9.53 Å². The molecule has 0 bridgehead atoms. The molecular weight excluding hydrogens is 402 g/mol. The molecule has 3 rings (SSSR count). The summed E-state index contributed by atoms with van der Waals surface area (Å²) in [6, 6.07) is 7.18. The molecule has 2 aliphatic heterocycles. The first kappa shape index (κ1) is 22.6. The molecule has 0 radical (unpaired) electrons. The lowest BCUT2D eigenvalue weighted by atomic mass is 9.83. The average Bonchev–Trinajstić information content (AvgIpc) is 2.86. The van der Waals surface area contributed by atoms with Crippen LogP contribution < -0.4 is 5.32 Å². The summed E-state index contributed by atoms with van der Waals surface area (Å²) >= 11 is 6.01. The summed E-state index contributed by atoms with van der Waals surface area (Å²) in [6.07, 6.45) is 3.27. The minimum atomic E-state index is -0.549. The van der Waals surface area contributed by atoms with Crippen LogP contribution in [0.25, 0.3) is 0 Å². The van der Waals surface area contributed by atoms with Crippen LogP contribution in [0.15, 0.2) is 29.3 Å². The van der Waals surface area contributed by atoms with E-state index in [4.69, 9.17) is 21.3 Å². The van der Waals surface area contributed by atoms with Gasteiger partial charge in [-0.3, -0.25) is 9.79 Å². The number of benzene rings is 1. The molecule has 1 aromatic rings. The van der Waals surface area contributed by atoms with Gasteiger partial charge >= 0.3 is 6.09 Å². The van der Waals surface area contributed by atoms with Gasteiger partial charge in [0.2, 0.25) is 5.91 Å². The third kappa shape index (κ3) is 5.54. The van der Waals surface area contributed by atoms with Gasteiger partial charge in [-0.05, 0) is 63.8 Å². The molecule has 2 heterocycles. The third-order valence-electron chi connectivity index (χ3n) is 5.61. The summed E-state index contributed by atoms with van der Waals surface area (Å²) in [5, 5.41) is 3.61. The number of likely N-dealkylation sites (tertiary alicyclic amines) is 1. The summed E-state index contributed by atoms with van der Waals surface area (Å²) in [6.45, 7) is 8.81. The Morgan fingerprint density at radius 3 is 2.63 bits per heavy atom. The molecule has 0 spiro atoms. The van der Waals surface area contributed by atoms with Crippen LogP contribution in [0.2, 0.25) is 5.02 Å². The summed E-state index contributed by atoms with van der Waals surface area (Å²) in [7, 11) is 0. The molecule has 0 saturated carbocycles. The second-order valence-electron chi connectivity index (χ2n) is 9.19. The molecule has 3 unspecified atom stereocenters. The predicted octanol–water partition coefficient (Wildman–Crippen LogP) is 4.65. The molecule has 7 heteroatoms. The SMILES string of the molecule is CCCCC1CN(C(=O)OC(C)(C)C)CCC2C(=O)NC(c3ccc(Cl)cc3)=NC12. The highest BCUT2D eigenvalue weighted by molar-refractivity contribution is 6.30. The van der Waals surface area contributed by atoms with Gasteiger partial charge in [0.15, 0.2) is 0 Å². The van der Waals surface area contributed by atoms with Crippen molar-refractivity contribution in [2.45, 2.75) is 65.0 Å². The number of carbonyl (C=O) groups excluding carboxylic acids is 2. The van der Waals surface area contributed by atoms with Gasteiger partial charge in [-0.2, -0.15) is 0 Å². The van der Waals surface area contributed by atoms with Gasteiger partial charge in [0.1, 0.15) is 11.4 Å². The Kier molecular flexibility index (Phi) is 7.06. The first-order valence-electron chi connectivity index (χ1n) is 10.8. The van der Waals surface area contributed by atoms with E-state index in [1.807, 2.05) is 32.9 Å². The van der Waals surface area contributed by atoms with Crippen LogP contribution in [-0.4, -0.2) is 47.5 Å². The monoisotopic (exact) mass is 433 g/mol. The summed E-state index contributed by atoms with van der Waals surface area (Å²) < 4.78 is 5.61. The maximum atomic E-state index is 13.0. The maximum Gasteiger partial charge on any atom is 0.410 e. The predicted molar refractivity (Wildman–Crippen MR) is 119 cm³/mol. The minimum Gasteiger partial charge on any atom is -0.444 e. The third-order valence-corrected chi connectivity index (χ3v) is 5.87. The zero-order valence-electron chi connectivity index (χ0n) is 18.3. The molecule has 2 aliphatic rings. The van der Waals surface area contributed by atoms with E-state index in [2.05, 4.69) is 12.2 Å². The Morgan fingerprint density at radius 1 is 1.30 bits per heavy atom. The molecule has 0 aromatic heterocycles. The zero-order chi connectivity index (χ0) is 21.9. The van der Waals surface area contributed by atoms with Crippen molar-refractivity contribution in [1.82, 2.24) is 10.2 Å². The highest BCUT2D eigenvalue weighted by Gasteiger charge is 2.42. The first-order valence-corrected chi connectivity index (χ1v) is 11.2. The summed E-state index contributed by atoms with van der Waals surface area (Å²) in [4.78, 5) is 32.5. The standard InChI is InChI=1S/C23H32ClN3O3/c1-5-6-7-16-14-27(22(29)30-23(2,3)4)13-12-18-19(16)25-20(26-21(18)28)15-8-10-17(24)11-9-15/h8-11,16,18-19H,5-7,12-14H2,1-4H3,(H,25,26,28). The van der Waals surface area contributed by atoms with Crippen molar-refractivity contribution in [3.05, 3.63) is 34.9 Å². The number of hydrogen-bond donors (Lipinski definition) is 1. The Morgan fingerprint density at radius 2 is 2.00 bits per heavy atom. The quantitative estimate of drug-likeness (QED) is 0.751. The number of ether oxygens (including phenoxy) is 1. The number of amides is 2. The number of aliphatic imine (C=N–C) groups is 1. The normalized spacial score (nSPS) is 24.4. The van der Waals surface area contributed by atoms with Crippen molar-refractivity contribution in [3.8, 4) is 0 Å². The van der Waals surface area contributed by atoms with E-state index in [1.165, 1.54) is 0 Å². The van der Waals surface area contributed by atoms with Gasteiger partial charge in [0, 0.05) is 23.7 Å². The molecule has 164 valence electrons. The molecule has 6 nitrogen and oxygen atoms in total. The van der Waals surface area contributed by atoms with Crippen molar-refractivity contribution < 1.29 is 14.3 Å². The van der Waals surface area contributed by atoms with E-state index in [1.54, 1.807) is 17.0 Å². The lowest BCUT2D eigenvalue weighted by Crippen LogP contribution is -2.48. The molecule has 1 fully saturated rings. The fourth-order valence-electron chi connectivity index (χ4n) is 4.12. The Balaban J connectivity index is 1.89. The molecule has 30 heavy (non-hydrogen) atoms. The van der Waals surface area contributed by atoms with Gasteiger partial charge < -0.3 is 15.0 Å². The number of carbonyl (C=O) groups is 2. The number of hydrogen-bond acceptors (Lipinski definition) is 4. The fourth-order valence-corrected chi connectivity index (χ4v) is 4.25. The van der Waals surface area contributed by atoms with Gasteiger partial charge in [0.05, 0.1) is 12.0 Å². The van der Waals surface area contributed by atoms with Gasteiger partial charge in [-0.15, -0.1) is 0 Å². The summed E-state index contributed by atoms with van der Waals surface area (Å²) in [5.41, 5.74) is 0.292. The number of fused-ring (bicyclic) bond motifs is 1. The van der Waals surface area contributed by atoms with E-state index in [0.29, 0.717) is 30.4 Å². The fraction of sp³-hybridized carbons (Fsp3) is 0.609. The van der Waals surface area contributed by atoms with Crippen molar-refractivity contribution in [1.29, 1.82) is 0 Å². The number of amidine groups is 1.